The minimum Gasteiger partial charge on any atom is -0.388 e. The highest BCUT2D eigenvalue weighted by Gasteiger charge is 1.87. The molecule has 3 heteroatoms. The molecule has 0 fully saturated rings. The smallest absolute Gasteiger partial charge is 0.122 e. The largest absolute Gasteiger partial charge is 0.388 e. The number of rotatable bonds is 2. The summed E-state index contributed by atoms with van der Waals surface area (Å²) >= 11 is 4.55. The monoisotopic (exact) mass is 128 g/mol. The van der Waals surface area contributed by atoms with Crippen molar-refractivity contribution in [3.05, 3.63) is 12.3 Å². The number of thiocarbonyl (C=S) groups is 1. The Balaban J connectivity index is 3.85. The third kappa shape index (κ3) is 2.47. The summed E-state index contributed by atoms with van der Waals surface area (Å²) in [6, 6.07) is 0. The summed E-state index contributed by atoms with van der Waals surface area (Å²) in [5.74, 6) is 0. The molecular weight excluding hydrogens is 120 g/mol. The van der Waals surface area contributed by atoms with Crippen LogP contribution in [0.25, 0.3) is 0 Å². The van der Waals surface area contributed by atoms with Crippen LogP contribution in [0.4, 0.5) is 0 Å². The second-order valence-corrected chi connectivity index (χ2v) is 1.64. The minimum absolute atomic E-state index is 0.253. The van der Waals surface area contributed by atoms with E-state index in [4.69, 9.17) is 5.73 Å². The molecule has 0 saturated carbocycles. The van der Waals surface area contributed by atoms with E-state index in [1.807, 2.05) is 0 Å². The fourth-order valence-corrected chi connectivity index (χ4v) is 0.272. The lowest BCUT2D eigenvalue weighted by Crippen LogP contribution is -2.08. The zero-order valence-corrected chi connectivity index (χ0v) is 5.53. The van der Waals surface area contributed by atoms with Crippen LogP contribution in [-0.4, -0.2) is 11.2 Å². The van der Waals surface area contributed by atoms with Crippen molar-refractivity contribution >= 4 is 23.4 Å². The van der Waals surface area contributed by atoms with Gasteiger partial charge in [0, 0.05) is 6.21 Å². The van der Waals surface area contributed by atoms with E-state index in [1.54, 1.807) is 13.1 Å². The normalized spacial score (nSPS) is 9.62. The summed E-state index contributed by atoms with van der Waals surface area (Å²) in [6.45, 7) is 5.26. The third-order valence-corrected chi connectivity index (χ3v) is 0.805. The molecule has 0 aliphatic heterocycles. The molecule has 44 valence electrons. The van der Waals surface area contributed by atoms with E-state index in [1.165, 1.54) is 0 Å². The Morgan fingerprint density at radius 2 is 2.38 bits per heavy atom. The summed E-state index contributed by atoms with van der Waals surface area (Å²) < 4.78 is 0. The highest BCUT2D eigenvalue weighted by atomic mass is 32.1. The summed E-state index contributed by atoms with van der Waals surface area (Å²) in [4.78, 5) is 3.99. The van der Waals surface area contributed by atoms with Crippen LogP contribution in [0, 0.1) is 0 Å². The van der Waals surface area contributed by atoms with Crippen LogP contribution >= 0.6 is 12.2 Å². The molecule has 0 aromatic heterocycles. The van der Waals surface area contributed by atoms with Crippen molar-refractivity contribution in [2.75, 3.05) is 0 Å². The first kappa shape index (κ1) is 7.30. The Labute approximate surface area is 54.1 Å². The Bertz CT molecular complexity index is 137. The van der Waals surface area contributed by atoms with Crippen LogP contribution in [0.1, 0.15) is 6.92 Å². The summed E-state index contributed by atoms with van der Waals surface area (Å²) in [5.41, 5.74) is 5.60. The molecule has 0 aromatic carbocycles. The van der Waals surface area contributed by atoms with Crippen molar-refractivity contribution in [3.63, 3.8) is 0 Å². The van der Waals surface area contributed by atoms with E-state index in [0.29, 0.717) is 5.70 Å². The maximum absolute atomic E-state index is 5.14. The standard InChI is InChI=1S/C5H8N2S/c1-3-7-4(2)5(6)8/h3H,2H2,1H3,(H2,6,8). The van der Waals surface area contributed by atoms with Gasteiger partial charge in [-0.05, 0) is 6.92 Å². The predicted molar refractivity (Wildman–Crippen MR) is 40.1 cm³/mol. The Morgan fingerprint density at radius 3 is 2.50 bits per heavy atom. The number of hydrogen-bond donors (Lipinski definition) is 1. The van der Waals surface area contributed by atoms with Gasteiger partial charge in [-0.2, -0.15) is 0 Å². The molecule has 0 aromatic rings. The van der Waals surface area contributed by atoms with E-state index in [9.17, 15) is 0 Å². The fraction of sp³-hybridized carbons (Fsp3) is 0.200. The molecular formula is C5H8N2S. The second kappa shape index (κ2) is 3.32. The lowest BCUT2D eigenvalue weighted by Gasteiger charge is -1.89. The number of nitrogens with two attached hydrogens (primary N) is 1. The predicted octanol–water partition coefficient (Wildman–Crippen LogP) is 0.877. The molecule has 0 rings (SSSR count). The van der Waals surface area contributed by atoms with Gasteiger partial charge in [-0.15, -0.1) is 0 Å². The van der Waals surface area contributed by atoms with Gasteiger partial charge < -0.3 is 5.73 Å². The topological polar surface area (TPSA) is 38.4 Å². The van der Waals surface area contributed by atoms with Crippen molar-refractivity contribution < 1.29 is 0 Å². The van der Waals surface area contributed by atoms with Crippen molar-refractivity contribution in [1.29, 1.82) is 0 Å². The van der Waals surface area contributed by atoms with Gasteiger partial charge in [0.15, 0.2) is 0 Å². The molecule has 0 aliphatic rings. The lowest BCUT2D eigenvalue weighted by atomic mass is 10.5. The number of hydrogen-bond acceptors (Lipinski definition) is 2. The first-order valence-corrected chi connectivity index (χ1v) is 2.56. The van der Waals surface area contributed by atoms with Crippen LogP contribution in [0.2, 0.25) is 0 Å². The van der Waals surface area contributed by atoms with Gasteiger partial charge in [-0.1, -0.05) is 18.8 Å². The van der Waals surface area contributed by atoms with Gasteiger partial charge in [0.2, 0.25) is 0 Å². The molecule has 0 aliphatic carbocycles. The molecule has 0 atom stereocenters. The number of nitrogens with zero attached hydrogens (tertiary/aromatic N) is 1. The molecule has 0 unspecified atom stereocenters. The van der Waals surface area contributed by atoms with Crippen molar-refractivity contribution in [3.8, 4) is 0 Å². The van der Waals surface area contributed by atoms with E-state index in [2.05, 4.69) is 23.8 Å². The average Bonchev–Trinajstić information content (AvgIpc) is 1.67. The minimum atomic E-state index is 0.253. The molecule has 0 bridgehead atoms. The molecule has 0 radical (unpaired) electrons. The van der Waals surface area contributed by atoms with Crippen molar-refractivity contribution in [2.45, 2.75) is 6.92 Å². The van der Waals surface area contributed by atoms with Crippen LogP contribution in [-0.2, 0) is 0 Å². The SMILES string of the molecule is C=C(N=CC)C(N)=S. The van der Waals surface area contributed by atoms with Crippen molar-refractivity contribution in [1.82, 2.24) is 0 Å². The molecule has 2 nitrogen and oxygen atoms in total. The van der Waals surface area contributed by atoms with Crippen LogP contribution in [0.5, 0.6) is 0 Å². The van der Waals surface area contributed by atoms with Crippen LogP contribution in [0.3, 0.4) is 0 Å². The van der Waals surface area contributed by atoms with Gasteiger partial charge in [0.1, 0.15) is 4.99 Å². The summed E-state index contributed by atoms with van der Waals surface area (Å²) in [5, 5.41) is 0. The quantitative estimate of drug-likeness (QED) is 0.340. The van der Waals surface area contributed by atoms with E-state index in [0.717, 1.165) is 0 Å². The highest BCUT2D eigenvalue weighted by molar-refractivity contribution is 7.80. The number of aliphatic imine (C=N–C) groups is 1. The van der Waals surface area contributed by atoms with E-state index in [-0.39, 0.29) is 4.99 Å². The summed E-state index contributed by atoms with van der Waals surface area (Å²) in [6.07, 6.45) is 1.60. The molecule has 0 saturated heterocycles. The Hall–Kier alpha value is -0.700. The first-order valence-electron chi connectivity index (χ1n) is 2.16. The third-order valence-electron chi connectivity index (χ3n) is 0.569. The van der Waals surface area contributed by atoms with Gasteiger partial charge in [0.25, 0.3) is 0 Å². The molecule has 0 heterocycles. The zero-order valence-electron chi connectivity index (χ0n) is 4.72. The molecule has 0 spiro atoms. The summed E-state index contributed by atoms with van der Waals surface area (Å²) in [7, 11) is 0. The van der Waals surface area contributed by atoms with Gasteiger partial charge in [0.05, 0.1) is 5.70 Å². The maximum Gasteiger partial charge on any atom is 0.122 e. The molecule has 0 amide bonds. The van der Waals surface area contributed by atoms with Gasteiger partial charge in [-0.25, -0.2) is 0 Å². The van der Waals surface area contributed by atoms with Crippen LogP contribution in [0.15, 0.2) is 17.3 Å². The van der Waals surface area contributed by atoms with Gasteiger partial charge in [-0.3, -0.25) is 4.99 Å². The van der Waals surface area contributed by atoms with E-state index < -0.39 is 0 Å². The van der Waals surface area contributed by atoms with Crippen molar-refractivity contribution in [2.24, 2.45) is 10.7 Å². The molecule has 2 N–H and O–H groups in total. The lowest BCUT2D eigenvalue weighted by molar-refractivity contribution is 1.48. The fourth-order valence-electron chi connectivity index (χ4n) is 0.219. The van der Waals surface area contributed by atoms with Gasteiger partial charge >= 0.3 is 0 Å². The van der Waals surface area contributed by atoms with E-state index >= 15 is 0 Å². The van der Waals surface area contributed by atoms with Crippen LogP contribution < -0.4 is 5.73 Å². The Morgan fingerprint density at radius 1 is 1.88 bits per heavy atom. The first-order chi connectivity index (χ1) is 3.68. The second-order valence-electron chi connectivity index (χ2n) is 1.20. The average molecular weight is 128 g/mol. The Kier molecular flexibility index (Phi) is 3.03. The molecule has 8 heavy (non-hydrogen) atoms. The highest BCUT2D eigenvalue weighted by Crippen LogP contribution is 1.88. The maximum atomic E-state index is 5.14. The zero-order chi connectivity index (χ0) is 6.57.